The largest absolute Gasteiger partial charge is 0.494 e. The van der Waals surface area contributed by atoms with Gasteiger partial charge in [0.25, 0.3) is 0 Å². The molecule has 2 saturated heterocycles. The summed E-state index contributed by atoms with van der Waals surface area (Å²) in [4.78, 5) is 47.2. The molecular weight excluding hydrogens is 752 g/mol. The molecule has 2 fully saturated rings. The number of imide groups is 1. The zero-order valence-corrected chi connectivity index (χ0v) is 33.5. The molecule has 5 N–H and O–H groups in total. The minimum absolute atomic E-state index is 0.0301. The molecular formula is C45H49FN8O5. The van der Waals surface area contributed by atoms with Crippen molar-refractivity contribution in [2.24, 2.45) is 0 Å². The van der Waals surface area contributed by atoms with Gasteiger partial charge in [-0.05, 0) is 85.6 Å². The van der Waals surface area contributed by atoms with Crippen LogP contribution < -0.4 is 21.1 Å². The van der Waals surface area contributed by atoms with Crippen LogP contribution in [0.5, 0.6) is 5.75 Å². The smallest absolute Gasteiger partial charge is 0.315 e. The zero-order chi connectivity index (χ0) is 41.7. The van der Waals surface area contributed by atoms with E-state index >= 15 is 4.39 Å². The van der Waals surface area contributed by atoms with Gasteiger partial charge in [-0.3, -0.25) is 25.1 Å². The van der Waals surface area contributed by atoms with Crippen LogP contribution in [0.2, 0.25) is 0 Å². The van der Waals surface area contributed by atoms with E-state index in [9.17, 15) is 14.4 Å². The van der Waals surface area contributed by atoms with Crippen LogP contribution in [-0.2, 0) is 21.5 Å². The molecule has 3 aromatic carbocycles. The second kappa shape index (κ2) is 17.7. The Morgan fingerprint density at radius 3 is 2.41 bits per heavy atom. The summed E-state index contributed by atoms with van der Waals surface area (Å²) in [6.45, 7) is 9.17. The molecule has 4 heterocycles. The number of nitrogens with zero attached hydrogens (tertiary/aromatic N) is 4. The molecule has 7 rings (SSSR count). The number of nitrogens with two attached hydrogens (primary N) is 1. The fourth-order valence-electron chi connectivity index (χ4n) is 7.43. The number of aromatic nitrogens is 3. The number of hydrogen-bond donors (Lipinski definition) is 4. The number of amides is 3. The molecule has 13 nitrogen and oxygen atoms in total. The van der Waals surface area contributed by atoms with Crippen molar-refractivity contribution in [2.45, 2.75) is 76.7 Å². The maximum absolute atomic E-state index is 15.2. The van der Waals surface area contributed by atoms with Gasteiger partial charge < -0.3 is 25.2 Å². The van der Waals surface area contributed by atoms with E-state index in [4.69, 9.17) is 20.4 Å². The van der Waals surface area contributed by atoms with Gasteiger partial charge in [-0.1, -0.05) is 74.5 Å². The number of pyridine rings is 1. The van der Waals surface area contributed by atoms with Crippen molar-refractivity contribution in [3.05, 3.63) is 124 Å². The lowest BCUT2D eigenvalue weighted by Crippen LogP contribution is -2.39. The van der Waals surface area contributed by atoms with Crippen LogP contribution in [0.25, 0.3) is 11.1 Å². The van der Waals surface area contributed by atoms with Crippen LogP contribution >= 0.6 is 0 Å². The maximum atomic E-state index is 15.2. The van der Waals surface area contributed by atoms with E-state index in [-0.39, 0.29) is 47.3 Å². The SMILES string of the molecule is CC(C)(C)c1noc(C(=O)NCc2ccc(C(=N)c3cc(-c4ccc(C5CCN(CCCOc6ccc(C7CCC(=O)NC7=O)cc6)CC5)cc4)cnc3N)cc2F)n1. The Balaban J connectivity index is 0.873. The standard InChI is InChI=1S/C45H49FN8O5/c1-45(2,3)44-52-43(59-53-44)42(57)50-25-32-10-9-31(24-37(32)46)39(47)36-23-33(26-49-40(36)48)28-7-5-27(6-8-28)29-17-20-54(21-18-29)19-4-22-58-34-13-11-30(12-14-34)35-15-16-38(55)51-41(35)56/h5-14,23-24,26,29,35,47H,4,15-22,25H2,1-3H3,(H2,48,49)(H,50,57)(H,51,55,56). The van der Waals surface area contributed by atoms with Crippen LogP contribution in [0.15, 0.2) is 83.5 Å². The molecule has 2 aromatic heterocycles. The van der Waals surface area contributed by atoms with Gasteiger partial charge in [0.15, 0.2) is 5.82 Å². The van der Waals surface area contributed by atoms with Gasteiger partial charge in [0, 0.05) is 53.4 Å². The highest BCUT2D eigenvalue weighted by atomic mass is 19.1. The number of rotatable bonds is 13. The summed E-state index contributed by atoms with van der Waals surface area (Å²) in [7, 11) is 0. The number of halogens is 1. The predicted octanol–water partition coefficient (Wildman–Crippen LogP) is 6.67. The van der Waals surface area contributed by atoms with Gasteiger partial charge in [0.1, 0.15) is 17.4 Å². The first-order valence-corrected chi connectivity index (χ1v) is 20.0. The minimum Gasteiger partial charge on any atom is -0.494 e. The summed E-state index contributed by atoms with van der Waals surface area (Å²) in [5.74, 6) is -0.344. The van der Waals surface area contributed by atoms with Gasteiger partial charge in [-0.15, -0.1) is 0 Å². The van der Waals surface area contributed by atoms with Gasteiger partial charge in [-0.25, -0.2) is 9.37 Å². The van der Waals surface area contributed by atoms with E-state index in [1.807, 2.05) is 45.0 Å². The number of carbonyl (C=O) groups is 3. The Bertz CT molecular complexity index is 2330. The highest BCUT2D eigenvalue weighted by Crippen LogP contribution is 2.32. The summed E-state index contributed by atoms with van der Waals surface area (Å²) < 4.78 is 26.3. The molecule has 1 unspecified atom stereocenters. The first-order valence-electron chi connectivity index (χ1n) is 20.0. The van der Waals surface area contributed by atoms with Gasteiger partial charge in [0.2, 0.25) is 11.8 Å². The van der Waals surface area contributed by atoms with Crippen LogP contribution in [0.3, 0.4) is 0 Å². The van der Waals surface area contributed by atoms with Crippen molar-refractivity contribution in [3.8, 4) is 16.9 Å². The predicted molar refractivity (Wildman–Crippen MR) is 221 cm³/mol. The summed E-state index contributed by atoms with van der Waals surface area (Å²) in [6, 6.07) is 22.2. The van der Waals surface area contributed by atoms with E-state index in [2.05, 4.69) is 54.9 Å². The van der Waals surface area contributed by atoms with Crippen LogP contribution in [0, 0.1) is 11.2 Å². The van der Waals surface area contributed by atoms with Crippen molar-refractivity contribution in [1.29, 1.82) is 5.41 Å². The van der Waals surface area contributed by atoms with Crippen molar-refractivity contribution in [2.75, 3.05) is 32.0 Å². The monoisotopic (exact) mass is 800 g/mol. The maximum Gasteiger partial charge on any atom is 0.315 e. The Morgan fingerprint density at radius 1 is 1.00 bits per heavy atom. The summed E-state index contributed by atoms with van der Waals surface area (Å²) in [5, 5.41) is 17.8. The van der Waals surface area contributed by atoms with E-state index in [0.717, 1.165) is 61.3 Å². The molecule has 0 bridgehead atoms. The lowest BCUT2D eigenvalue weighted by molar-refractivity contribution is -0.134. The molecule has 59 heavy (non-hydrogen) atoms. The molecule has 0 saturated carbocycles. The molecule has 5 aromatic rings. The Kier molecular flexibility index (Phi) is 12.3. The molecule has 3 amide bonds. The number of ether oxygens (including phenoxy) is 1. The number of nitrogens with one attached hydrogen (secondary N) is 3. The van der Waals surface area contributed by atoms with E-state index < -0.39 is 17.1 Å². The average Bonchev–Trinajstić information content (AvgIpc) is 3.75. The Morgan fingerprint density at radius 2 is 1.73 bits per heavy atom. The van der Waals surface area contributed by atoms with Crippen molar-refractivity contribution >= 4 is 29.3 Å². The molecule has 2 aliphatic heterocycles. The normalized spacial score (nSPS) is 16.4. The Labute approximate surface area is 342 Å². The minimum atomic E-state index is -0.608. The lowest BCUT2D eigenvalue weighted by atomic mass is 9.88. The van der Waals surface area contributed by atoms with Gasteiger partial charge in [0.05, 0.1) is 18.2 Å². The fourth-order valence-corrected chi connectivity index (χ4v) is 7.43. The molecule has 2 aliphatic rings. The van der Waals surface area contributed by atoms with Crippen molar-refractivity contribution in [1.82, 2.24) is 30.7 Å². The highest BCUT2D eigenvalue weighted by molar-refractivity contribution is 6.14. The quantitative estimate of drug-likeness (QED) is 0.0569. The fraction of sp³-hybridized carbons (Fsp3) is 0.356. The molecule has 0 radical (unpaired) electrons. The Hall–Kier alpha value is -6.28. The molecule has 1 atom stereocenters. The molecule has 0 aliphatic carbocycles. The first-order chi connectivity index (χ1) is 28.3. The van der Waals surface area contributed by atoms with Gasteiger partial charge in [-0.2, -0.15) is 4.98 Å². The number of anilines is 1. The third-order valence-electron chi connectivity index (χ3n) is 11.0. The number of benzene rings is 3. The number of hydrogen-bond acceptors (Lipinski definition) is 11. The van der Waals surface area contributed by atoms with Crippen molar-refractivity contribution < 1.29 is 28.0 Å². The number of likely N-dealkylation sites (tertiary alicyclic amines) is 1. The summed E-state index contributed by atoms with van der Waals surface area (Å²) in [5.41, 5.74) is 10.7. The van der Waals surface area contributed by atoms with E-state index in [0.29, 0.717) is 42.3 Å². The second-order valence-electron chi connectivity index (χ2n) is 16.2. The van der Waals surface area contributed by atoms with Gasteiger partial charge >= 0.3 is 11.8 Å². The average molecular weight is 801 g/mol. The third-order valence-corrected chi connectivity index (χ3v) is 11.0. The second-order valence-corrected chi connectivity index (χ2v) is 16.2. The van der Waals surface area contributed by atoms with Crippen LogP contribution in [0.4, 0.5) is 10.2 Å². The third kappa shape index (κ3) is 9.89. The van der Waals surface area contributed by atoms with Crippen molar-refractivity contribution in [3.63, 3.8) is 0 Å². The molecule has 306 valence electrons. The summed E-state index contributed by atoms with van der Waals surface area (Å²) >= 11 is 0. The zero-order valence-electron chi connectivity index (χ0n) is 33.5. The van der Waals surface area contributed by atoms with Crippen LogP contribution in [-0.4, -0.2) is 69.7 Å². The number of carbonyl (C=O) groups excluding carboxylic acids is 3. The van der Waals surface area contributed by atoms with E-state index in [1.165, 1.54) is 17.7 Å². The first kappa shape index (κ1) is 40.9. The van der Waals surface area contributed by atoms with Crippen LogP contribution in [0.1, 0.15) is 109 Å². The highest BCUT2D eigenvalue weighted by Gasteiger charge is 2.28. The molecule has 14 heteroatoms. The number of nitrogen functional groups attached to an aromatic ring is 1. The summed E-state index contributed by atoms with van der Waals surface area (Å²) in [6.07, 6.45) is 5.60. The van der Waals surface area contributed by atoms with E-state index in [1.54, 1.807) is 18.3 Å². The topological polar surface area (TPSA) is 189 Å². The lowest BCUT2D eigenvalue weighted by Gasteiger charge is -2.32. The molecule has 0 spiro atoms. The number of piperidine rings is 2.